The molecule has 0 atom stereocenters. The second-order valence-corrected chi connectivity index (χ2v) is 1.96. The number of hydrogen-bond acceptors (Lipinski definition) is 3. The number of benzene rings is 1. The maximum absolute atomic E-state index is 5.12. The van der Waals surface area contributed by atoms with Crippen LogP contribution in [0.25, 0.3) is 11.0 Å². The van der Waals surface area contributed by atoms with Crippen LogP contribution in [0, 0.1) is 0 Å². The van der Waals surface area contributed by atoms with Crippen molar-refractivity contribution in [3.8, 4) is 0 Å². The number of fused-ring (bicyclic) bond motifs is 1. The molecule has 1 aromatic carbocycles. The Kier molecular flexibility index (Phi) is 2.66. The zero-order valence-corrected chi connectivity index (χ0v) is 6.03. The molecule has 0 unspecified atom stereocenters. The molecule has 0 bridgehead atoms. The van der Waals surface area contributed by atoms with E-state index in [4.69, 9.17) is 4.42 Å². The van der Waals surface area contributed by atoms with Crippen LogP contribution in [0.5, 0.6) is 0 Å². The number of rotatable bonds is 0. The first-order chi connectivity index (χ1) is 5.47. The topological polar surface area (TPSA) is 65.2 Å². The van der Waals surface area contributed by atoms with Crippen molar-refractivity contribution in [2.24, 2.45) is 11.7 Å². The monoisotopic (exact) mass is 150 g/mol. The summed E-state index contributed by atoms with van der Waals surface area (Å²) in [6.07, 6.45) is 1.70. The zero-order chi connectivity index (χ0) is 8.10. The zero-order valence-electron chi connectivity index (χ0n) is 6.03. The number of furan rings is 1. The summed E-state index contributed by atoms with van der Waals surface area (Å²) >= 11 is 0. The van der Waals surface area contributed by atoms with Gasteiger partial charge in [-0.25, -0.2) is 0 Å². The predicted molar refractivity (Wildman–Crippen MR) is 44.6 cm³/mol. The fourth-order valence-electron chi connectivity index (χ4n) is 0.906. The molecule has 4 N–H and O–H groups in total. The third kappa shape index (κ3) is 1.58. The number of hydrazine groups is 1. The van der Waals surface area contributed by atoms with Crippen molar-refractivity contribution in [3.63, 3.8) is 0 Å². The van der Waals surface area contributed by atoms with Crippen molar-refractivity contribution in [2.45, 2.75) is 0 Å². The van der Waals surface area contributed by atoms with Crippen LogP contribution >= 0.6 is 0 Å². The molecular weight excluding hydrogens is 140 g/mol. The molecule has 3 heteroatoms. The van der Waals surface area contributed by atoms with Crippen LogP contribution in [-0.2, 0) is 0 Å². The van der Waals surface area contributed by atoms with Crippen molar-refractivity contribution in [1.82, 2.24) is 0 Å². The molecule has 0 radical (unpaired) electrons. The predicted octanol–water partition coefficient (Wildman–Crippen LogP) is 1.25. The minimum atomic E-state index is 0.956. The summed E-state index contributed by atoms with van der Waals surface area (Å²) in [6.45, 7) is 0. The Balaban J connectivity index is 0.000000281. The highest BCUT2D eigenvalue weighted by molar-refractivity contribution is 5.76. The van der Waals surface area contributed by atoms with Gasteiger partial charge in [0.1, 0.15) is 5.58 Å². The van der Waals surface area contributed by atoms with Crippen LogP contribution < -0.4 is 11.7 Å². The Bertz CT molecular complexity index is 286. The highest BCUT2D eigenvalue weighted by atomic mass is 16.3. The summed E-state index contributed by atoms with van der Waals surface area (Å²) in [4.78, 5) is 0. The van der Waals surface area contributed by atoms with Crippen LogP contribution in [0.3, 0.4) is 0 Å². The average molecular weight is 150 g/mol. The van der Waals surface area contributed by atoms with Gasteiger partial charge >= 0.3 is 0 Å². The second kappa shape index (κ2) is 3.75. The highest BCUT2D eigenvalue weighted by Crippen LogP contribution is 2.12. The Hall–Kier alpha value is -1.32. The molecule has 1 heterocycles. The molecule has 0 fully saturated rings. The third-order valence-corrected chi connectivity index (χ3v) is 1.36. The second-order valence-electron chi connectivity index (χ2n) is 1.96. The molecule has 3 nitrogen and oxygen atoms in total. The maximum Gasteiger partial charge on any atom is 0.133 e. The first-order valence-electron chi connectivity index (χ1n) is 3.22. The van der Waals surface area contributed by atoms with E-state index in [9.17, 15) is 0 Å². The van der Waals surface area contributed by atoms with E-state index >= 15 is 0 Å². The van der Waals surface area contributed by atoms with E-state index in [1.165, 1.54) is 0 Å². The molecule has 2 rings (SSSR count). The smallest absolute Gasteiger partial charge is 0.133 e. The molecule has 0 amide bonds. The first-order valence-corrected chi connectivity index (χ1v) is 3.22. The Labute approximate surface area is 64.6 Å². The van der Waals surface area contributed by atoms with Gasteiger partial charge in [0.15, 0.2) is 0 Å². The summed E-state index contributed by atoms with van der Waals surface area (Å²) in [6, 6.07) is 9.90. The van der Waals surface area contributed by atoms with E-state index in [1.54, 1.807) is 6.26 Å². The Morgan fingerprint density at radius 3 is 2.45 bits per heavy atom. The van der Waals surface area contributed by atoms with Gasteiger partial charge < -0.3 is 4.42 Å². The SMILES string of the molecule is NN.c1ccc2occc2c1. The van der Waals surface area contributed by atoms with Crippen molar-refractivity contribution in [2.75, 3.05) is 0 Å². The molecule has 1 aromatic heterocycles. The van der Waals surface area contributed by atoms with E-state index < -0.39 is 0 Å². The minimum absolute atomic E-state index is 0.956. The van der Waals surface area contributed by atoms with E-state index in [0.29, 0.717) is 0 Å². The van der Waals surface area contributed by atoms with Crippen molar-refractivity contribution in [3.05, 3.63) is 36.6 Å². The normalized spacial score (nSPS) is 8.91. The molecule has 0 saturated heterocycles. The van der Waals surface area contributed by atoms with E-state index in [2.05, 4.69) is 11.7 Å². The van der Waals surface area contributed by atoms with Gasteiger partial charge in [0.2, 0.25) is 0 Å². The Morgan fingerprint density at radius 1 is 1.00 bits per heavy atom. The molecular formula is C8H10N2O. The summed E-state index contributed by atoms with van der Waals surface area (Å²) in [5.41, 5.74) is 0.956. The fraction of sp³-hybridized carbons (Fsp3) is 0. The van der Waals surface area contributed by atoms with Gasteiger partial charge in [-0.2, -0.15) is 0 Å². The average Bonchev–Trinajstić information content (AvgIpc) is 2.55. The van der Waals surface area contributed by atoms with Gasteiger partial charge in [-0.3, -0.25) is 11.7 Å². The quantitative estimate of drug-likeness (QED) is 0.438. The number of hydrogen-bond donors (Lipinski definition) is 2. The summed E-state index contributed by atoms with van der Waals surface area (Å²) in [7, 11) is 0. The van der Waals surface area contributed by atoms with Gasteiger partial charge in [-0.15, -0.1) is 0 Å². The molecule has 0 aliphatic heterocycles. The summed E-state index contributed by atoms with van der Waals surface area (Å²) < 4.78 is 5.12. The van der Waals surface area contributed by atoms with Crippen LogP contribution in [0.1, 0.15) is 0 Å². The Morgan fingerprint density at radius 2 is 1.73 bits per heavy atom. The third-order valence-electron chi connectivity index (χ3n) is 1.36. The summed E-state index contributed by atoms with van der Waals surface area (Å²) in [5.74, 6) is 8.00. The number of para-hydroxylation sites is 1. The standard InChI is InChI=1S/C8H6O.H4N2/c1-2-4-8-7(3-1)5-6-9-8;1-2/h1-6H;1-2H2. The van der Waals surface area contributed by atoms with E-state index in [1.807, 2.05) is 30.3 Å². The van der Waals surface area contributed by atoms with Crippen molar-refractivity contribution in [1.29, 1.82) is 0 Å². The van der Waals surface area contributed by atoms with E-state index in [0.717, 1.165) is 11.0 Å². The van der Waals surface area contributed by atoms with Crippen molar-refractivity contribution >= 4 is 11.0 Å². The van der Waals surface area contributed by atoms with Gasteiger partial charge in [0.25, 0.3) is 0 Å². The molecule has 0 aliphatic rings. The summed E-state index contributed by atoms with van der Waals surface area (Å²) in [5, 5.41) is 1.16. The molecule has 11 heavy (non-hydrogen) atoms. The lowest BCUT2D eigenvalue weighted by Crippen LogP contribution is -2.02. The first kappa shape index (κ1) is 7.78. The van der Waals surface area contributed by atoms with Gasteiger partial charge in [-0.1, -0.05) is 18.2 Å². The van der Waals surface area contributed by atoms with Gasteiger partial charge in [0, 0.05) is 5.39 Å². The van der Waals surface area contributed by atoms with Crippen LogP contribution in [-0.4, -0.2) is 0 Å². The molecule has 0 saturated carbocycles. The lowest BCUT2D eigenvalue weighted by molar-refractivity contribution is 0.616. The largest absolute Gasteiger partial charge is 0.464 e. The van der Waals surface area contributed by atoms with Crippen LogP contribution in [0.2, 0.25) is 0 Å². The highest BCUT2D eigenvalue weighted by Gasteiger charge is 1.89. The van der Waals surface area contributed by atoms with Crippen molar-refractivity contribution < 1.29 is 4.42 Å². The minimum Gasteiger partial charge on any atom is -0.464 e. The van der Waals surface area contributed by atoms with Gasteiger partial charge in [0.05, 0.1) is 6.26 Å². The van der Waals surface area contributed by atoms with Crippen LogP contribution in [0.4, 0.5) is 0 Å². The lowest BCUT2D eigenvalue weighted by atomic mass is 10.3. The lowest BCUT2D eigenvalue weighted by Gasteiger charge is -1.81. The molecule has 0 aliphatic carbocycles. The molecule has 2 aromatic rings. The van der Waals surface area contributed by atoms with Gasteiger partial charge in [-0.05, 0) is 12.1 Å². The molecule has 58 valence electrons. The molecule has 0 spiro atoms. The fourth-order valence-corrected chi connectivity index (χ4v) is 0.906. The van der Waals surface area contributed by atoms with Crippen LogP contribution in [0.15, 0.2) is 41.0 Å². The van der Waals surface area contributed by atoms with E-state index in [-0.39, 0.29) is 0 Å². The maximum atomic E-state index is 5.12. The number of nitrogens with two attached hydrogens (primary N) is 2.